The van der Waals surface area contributed by atoms with Gasteiger partial charge in [-0.2, -0.15) is 0 Å². The van der Waals surface area contributed by atoms with Gasteiger partial charge >= 0.3 is 17.9 Å². The Kier molecular flexibility index (Phi) is 24.0. The summed E-state index contributed by atoms with van der Waals surface area (Å²) in [6.45, 7) is 8.27. The van der Waals surface area contributed by atoms with Crippen LogP contribution in [-0.4, -0.2) is 74.5 Å². The number of hydrogen-bond donors (Lipinski definition) is 0. The molecule has 2 rings (SSSR count). The van der Waals surface area contributed by atoms with Gasteiger partial charge in [0.15, 0.2) is 12.2 Å². The molecule has 0 bridgehead atoms. The first-order chi connectivity index (χ1) is 23.8. The van der Waals surface area contributed by atoms with Crippen molar-refractivity contribution in [2.75, 3.05) is 33.4 Å². The van der Waals surface area contributed by atoms with Gasteiger partial charge in [0.25, 0.3) is 0 Å². The van der Waals surface area contributed by atoms with Crippen LogP contribution in [0, 0.1) is 5.41 Å². The predicted octanol–water partition coefficient (Wildman–Crippen LogP) is 9.89. The van der Waals surface area contributed by atoms with Crippen molar-refractivity contribution in [1.29, 1.82) is 0 Å². The number of carbonyl (C=O) groups is 3. The van der Waals surface area contributed by atoms with Crippen molar-refractivity contribution in [2.24, 2.45) is 5.41 Å². The van der Waals surface area contributed by atoms with Crippen LogP contribution in [0.1, 0.15) is 188 Å². The Morgan fingerprint density at radius 1 is 0.633 bits per heavy atom. The Morgan fingerprint density at radius 2 is 1.04 bits per heavy atom. The minimum Gasteiger partial charge on any atom is -0.462 e. The molecule has 0 aromatic heterocycles. The molecule has 0 spiro atoms. The number of ether oxygens (including phenoxy) is 4. The van der Waals surface area contributed by atoms with E-state index in [1.165, 1.54) is 103 Å². The lowest BCUT2D eigenvalue weighted by Crippen LogP contribution is -2.44. The number of piperidine rings is 1. The molecule has 49 heavy (non-hydrogen) atoms. The summed E-state index contributed by atoms with van der Waals surface area (Å²) in [6, 6.07) is 0. The molecule has 2 aliphatic heterocycles. The number of hydrogen-bond acceptors (Lipinski definition) is 8. The maximum atomic E-state index is 13.1. The van der Waals surface area contributed by atoms with E-state index in [1.54, 1.807) is 0 Å². The van der Waals surface area contributed by atoms with Crippen molar-refractivity contribution in [3.8, 4) is 0 Å². The van der Waals surface area contributed by atoms with Crippen LogP contribution in [0.15, 0.2) is 0 Å². The maximum Gasteiger partial charge on any atom is 0.311 e. The lowest BCUT2D eigenvalue weighted by molar-refractivity contribution is -0.171. The van der Waals surface area contributed by atoms with Crippen LogP contribution in [0.5, 0.6) is 0 Å². The molecule has 8 heteroatoms. The summed E-state index contributed by atoms with van der Waals surface area (Å²) in [4.78, 5) is 41.1. The number of carbonyl (C=O) groups excluding carboxylic acids is 3. The maximum absolute atomic E-state index is 13.1. The van der Waals surface area contributed by atoms with Gasteiger partial charge in [0, 0.05) is 12.8 Å². The van der Waals surface area contributed by atoms with Gasteiger partial charge < -0.3 is 23.8 Å². The fraction of sp³-hybridized carbons (Fsp3) is 0.927. The van der Waals surface area contributed by atoms with Crippen molar-refractivity contribution < 1.29 is 33.3 Å². The van der Waals surface area contributed by atoms with E-state index in [9.17, 15) is 14.4 Å². The highest BCUT2D eigenvalue weighted by Gasteiger charge is 2.45. The number of unbranched alkanes of at least 4 members (excludes halogenated alkanes) is 20. The molecule has 3 atom stereocenters. The lowest BCUT2D eigenvalue weighted by Gasteiger charge is -2.36. The van der Waals surface area contributed by atoms with E-state index in [0.29, 0.717) is 12.8 Å². The molecule has 286 valence electrons. The van der Waals surface area contributed by atoms with Crippen LogP contribution < -0.4 is 0 Å². The van der Waals surface area contributed by atoms with E-state index in [0.717, 1.165) is 64.5 Å². The second-order valence-corrected chi connectivity index (χ2v) is 15.4. The van der Waals surface area contributed by atoms with Crippen molar-refractivity contribution in [3.05, 3.63) is 0 Å². The van der Waals surface area contributed by atoms with Crippen molar-refractivity contribution in [3.63, 3.8) is 0 Å². The van der Waals surface area contributed by atoms with E-state index < -0.39 is 23.7 Å². The minimum absolute atomic E-state index is 0.0205. The molecule has 2 saturated heterocycles. The molecule has 2 fully saturated rings. The third kappa shape index (κ3) is 19.5. The molecule has 2 heterocycles. The molecule has 0 N–H and O–H groups in total. The normalized spacial score (nSPS) is 20.7. The van der Waals surface area contributed by atoms with Crippen LogP contribution in [0.4, 0.5) is 0 Å². The lowest BCUT2D eigenvalue weighted by atomic mass is 9.80. The molecule has 8 nitrogen and oxygen atoms in total. The number of esters is 3. The molecular formula is C41H75NO7. The molecule has 0 aromatic rings. The summed E-state index contributed by atoms with van der Waals surface area (Å²) in [5, 5.41) is 0. The fourth-order valence-corrected chi connectivity index (χ4v) is 7.00. The Bertz CT molecular complexity index is 872. The van der Waals surface area contributed by atoms with E-state index in [2.05, 4.69) is 25.8 Å². The molecule has 0 amide bonds. The number of rotatable bonds is 29. The van der Waals surface area contributed by atoms with Gasteiger partial charge in [-0.25, -0.2) is 0 Å². The molecule has 0 aliphatic carbocycles. The fourth-order valence-electron chi connectivity index (χ4n) is 7.00. The quantitative estimate of drug-likeness (QED) is 0.0434. The van der Waals surface area contributed by atoms with E-state index in [4.69, 9.17) is 18.9 Å². The van der Waals surface area contributed by atoms with Gasteiger partial charge in [0.1, 0.15) is 12.7 Å². The van der Waals surface area contributed by atoms with Gasteiger partial charge in [0.2, 0.25) is 0 Å². The zero-order valence-corrected chi connectivity index (χ0v) is 32.3. The van der Waals surface area contributed by atoms with Gasteiger partial charge in [-0.3, -0.25) is 14.4 Å². The Balaban J connectivity index is 1.75. The van der Waals surface area contributed by atoms with Crippen molar-refractivity contribution in [2.45, 2.75) is 206 Å². The first-order valence-electron chi connectivity index (χ1n) is 20.7. The summed E-state index contributed by atoms with van der Waals surface area (Å²) in [5.41, 5.74) is -0.535. The molecule has 0 saturated carbocycles. The molecular weight excluding hydrogens is 618 g/mol. The zero-order chi connectivity index (χ0) is 35.6. The second-order valence-electron chi connectivity index (χ2n) is 15.4. The Labute approximate surface area is 300 Å². The third-order valence-electron chi connectivity index (χ3n) is 10.7. The first-order valence-corrected chi connectivity index (χ1v) is 20.7. The summed E-state index contributed by atoms with van der Waals surface area (Å²) in [7, 11) is 2.06. The monoisotopic (exact) mass is 694 g/mol. The van der Waals surface area contributed by atoms with Gasteiger partial charge in [0.05, 0.1) is 12.0 Å². The summed E-state index contributed by atoms with van der Waals surface area (Å²) < 4.78 is 23.5. The van der Waals surface area contributed by atoms with E-state index in [-0.39, 0.29) is 31.1 Å². The number of nitrogens with zero attached hydrogens (tertiary/aromatic N) is 1. The highest BCUT2D eigenvalue weighted by atomic mass is 16.6. The van der Waals surface area contributed by atoms with Gasteiger partial charge in [-0.05, 0) is 52.7 Å². The van der Waals surface area contributed by atoms with Crippen molar-refractivity contribution in [1.82, 2.24) is 4.90 Å². The zero-order valence-electron chi connectivity index (χ0n) is 32.3. The summed E-state index contributed by atoms with van der Waals surface area (Å²) in [6.07, 6.45) is 26.7. The highest BCUT2D eigenvalue weighted by molar-refractivity contribution is 5.76. The van der Waals surface area contributed by atoms with Crippen LogP contribution in [-0.2, 0) is 33.3 Å². The average molecular weight is 694 g/mol. The summed E-state index contributed by atoms with van der Waals surface area (Å²) >= 11 is 0. The van der Waals surface area contributed by atoms with Gasteiger partial charge in [-0.15, -0.1) is 0 Å². The van der Waals surface area contributed by atoms with Crippen molar-refractivity contribution >= 4 is 17.9 Å². The van der Waals surface area contributed by atoms with Crippen LogP contribution in [0.25, 0.3) is 0 Å². The Morgan fingerprint density at radius 3 is 1.49 bits per heavy atom. The van der Waals surface area contributed by atoms with Crippen LogP contribution >= 0.6 is 0 Å². The average Bonchev–Trinajstić information content (AvgIpc) is 3.46. The van der Waals surface area contributed by atoms with Gasteiger partial charge in [-0.1, -0.05) is 142 Å². The SMILES string of the molecule is CCCCCCCCCCCCCC(=O)O[C@@H]1[C@@H](OC(=O)CCCCCCCCCCCCC)CO[C@@H]1COC(=O)C1(C)CCN(C)CC1. The van der Waals surface area contributed by atoms with Crippen LogP contribution in [0.3, 0.4) is 0 Å². The molecule has 0 radical (unpaired) electrons. The largest absolute Gasteiger partial charge is 0.462 e. The minimum atomic E-state index is -0.778. The smallest absolute Gasteiger partial charge is 0.311 e. The standard InChI is InChI=1S/C41H75NO7/c1-5-7-9-11-13-15-17-19-21-23-25-27-37(43)48-36-34-46-35(33-47-40(45)41(3)29-31-42(4)32-30-41)39(36)49-38(44)28-26-24-22-20-18-16-14-12-10-8-6-2/h35-36,39H,5-34H2,1-4H3/t35-,36+,39+/m1/s1. The van der Waals surface area contributed by atoms with E-state index in [1.807, 2.05) is 6.92 Å². The first kappa shape index (κ1) is 43.5. The highest BCUT2D eigenvalue weighted by Crippen LogP contribution is 2.32. The molecule has 0 unspecified atom stereocenters. The number of likely N-dealkylation sites (tertiary alicyclic amines) is 1. The predicted molar refractivity (Wildman–Crippen MR) is 197 cm³/mol. The topological polar surface area (TPSA) is 91.4 Å². The second kappa shape index (κ2) is 27.0. The van der Waals surface area contributed by atoms with Crippen LogP contribution in [0.2, 0.25) is 0 Å². The van der Waals surface area contributed by atoms with E-state index >= 15 is 0 Å². The third-order valence-corrected chi connectivity index (χ3v) is 10.7. The molecule has 0 aromatic carbocycles. The summed E-state index contributed by atoms with van der Waals surface area (Å²) in [5.74, 6) is -0.837. The molecule has 2 aliphatic rings. The Hall–Kier alpha value is -1.67.